The van der Waals surface area contributed by atoms with Crippen molar-refractivity contribution >= 4 is 11.8 Å². The fourth-order valence-electron chi connectivity index (χ4n) is 3.18. The second-order valence-corrected chi connectivity index (χ2v) is 6.63. The van der Waals surface area contributed by atoms with E-state index >= 15 is 0 Å². The summed E-state index contributed by atoms with van der Waals surface area (Å²) < 4.78 is 0. The van der Waals surface area contributed by atoms with Crippen LogP contribution in [0.4, 0.5) is 0 Å². The van der Waals surface area contributed by atoms with Crippen LogP contribution in [0.15, 0.2) is 0 Å². The minimum Gasteiger partial charge on any atom is -0.327 e. The minimum atomic E-state index is 0.501. The van der Waals surface area contributed by atoms with Gasteiger partial charge in [-0.1, -0.05) is 13.8 Å². The Bertz CT molecular complexity index is 181. The van der Waals surface area contributed by atoms with Crippen molar-refractivity contribution in [2.45, 2.75) is 39.2 Å². The zero-order valence-corrected chi connectivity index (χ0v) is 10.2. The molecule has 1 aliphatic heterocycles. The average molecular weight is 213 g/mol. The molecule has 1 heterocycles. The number of hydrogen-bond acceptors (Lipinski definition) is 2. The van der Waals surface area contributed by atoms with E-state index in [4.69, 9.17) is 5.73 Å². The average Bonchev–Trinajstić information content (AvgIpc) is 1.98. The van der Waals surface area contributed by atoms with Gasteiger partial charge in [-0.2, -0.15) is 11.8 Å². The minimum absolute atomic E-state index is 0.501. The first-order valence-corrected chi connectivity index (χ1v) is 7.15. The molecule has 0 aromatic rings. The molecule has 0 amide bonds. The van der Waals surface area contributed by atoms with Gasteiger partial charge in [0.05, 0.1) is 0 Å². The maximum atomic E-state index is 6.36. The third-order valence-electron chi connectivity index (χ3n) is 3.97. The smallest absolute Gasteiger partial charge is 0.0112 e. The van der Waals surface area contributed by atoms with Crippen LogP contribution >= 0.6 is 11.8 Å². The Morgan fingerprint density at radius 1 is 1.00 bits per heavy atom. The van der Waals surface area contributed by atoms with E-state index in [1.807, 2.05) is 0 Å². The van der Waals surface area contributed by atoms with E-state index in [0.29, 0.717) is 6.04 Å². The van der Waals surface area contributed by atoms with Crippen LogP contribution in [0.3, 0.4) is 0 Å². The van der Waals surface area contributed by atoms with Crippen molar-refractivity contribution in [2.75, 3.05) is 11.5 Å². The monoisotopic (exact) mass is 213 g/mol. The third kappa shape index (κ3) is 2.27. The molecule has 1 saturated carbocycles. The Hall–Kier alpha value is 0.310. The zero-order valence-electron chi connectivity index (χ0n) is 9.41. The van der Waals surface area contributed by atoms with E-state index in [-0.39, 0.29) is 0 Å². The first-order valence-electron chi connectivity index (χ1n) is 6.00. The van der Waals surface area contributed by atoms with Gasteiger partial charge in [0.1, 0.15) is 0 Å². The molecular weight excluding hydrogens is 190 g/mol. The van der Waals surface area contributed by atoms with Crippen LogP contribution in [-0.2, 0) is 0 Å². The second kappa shape index (κ2) is 4.44. The lowest BCUT2D eigenvalue weighted by molar-refractivity contribution is 0.172. The fourth-order valence-corrected chi connectivity index (χ4v) is 4.14. The maximum Gasteiger partial charge on any atom is 0.0112 e. The van der Waals surface area contributed by atoms with Gasteiger partial charge in [0, 0.05) is 6.04 Å². The molecule has 3 unspecified atom stereocenters. The molecule has 3 atom stereocenters. The van der Waals surface area contributed by atoms with Gasteiger partial charge in [-0.25, -0.2) is 0 Å². The first kappa shape index (κ1) is 10.8. The van der Waals surface area contributed by atoms with Crippen molar-refractivity contribution in [1.29, 1.82) is 0 Å². The van der Waals surface area contributed by atoms with Crippen molar-refractivity contribution in [2.24, 2.45) is 29.4 Å². The first-order chi connectivity index (χ1) is 6.66. The summed E-state index contributed by atoms with van der Waals surface area (Å²) in [5.41, 5.74) is 6.36. The normalized spacial score (nSPS) is 41.8. The van der Waals surface area contributed by atoms with Crippen molar-refractivity contribution in [3.8, 4) is 0 Å². The number of thioether (sulfide) groups is 1. The van der Waals surface area contributed by atoms with Crippen LogP contribution in [0.1, 0.15) is 33.1 Å². The van der Waals surface area contributed by atoms with E-state index in [0.717, 1.165) is 23.7 Å². The van der Waals surface area contributed by atoms with E-state index < -0.39 is 0 Å². The van der Waals surface area contributed by atoms with Gasteiger partial charge >= 0.3 is 0 Å². The summed E-state index contributed by atoms with van der Waals surface area (Å²) in [6.07, 6.45) is 4.18. The predicted molar refractivity (Wildman–Crippen MR) is 64.5 cm³/mol. The molecule has 1 aliphatic carbocycles. The molecule has 0 bridgehead atoms. The van der Waals surface area contributed by atoms with Gasteiger partial charge < -0.3 is 5.73 Å². The summed E-state index contributed by atoms with van der Waals surface area (Å²) >= 11 is 2.06. The van der Waals surface area contributed by atoms with Crippen LogP contribution in [-0.4, -0.2) is 17.5 Å². The van der Waals surface area contributed by atoms with Crippen LogP contribution in [0, 0.1) is 23.7 Å². The van der Waals surface area contributed by atoms with E-state index in [1.54, 1.807) is 0 Å². The highest BCUT2D eigenvalue weighted by molar-refractivity contribution is 8.00. The summed E-state index contributed by atoms with van der Waals surface area (Å²) in [4.78, 5) is 0. The SMILES string of the molecule is CC1CC(C)CC(C(N)C2CSC2)C1. The van der Waals surface area contributed by atoms with E-state index in [1.165, 1.54) is 30.8 Å². The predicted octanol–water partition coefficient (Wildman–Crippen LogP) is 2.75. The number of hydrogen-bond donors (Lipinski definition) is 1. The molecule has 2 heteroatoms. The Morgan fingerprint density at radius 3 is 2.00 bits per heavy atom. The van der Waals surface area contributed by atoms with Crippen LogP contribution in [0.25, 0.3) is 0 Å². The molecule has 2 aliphatic rings. The summed E-state index contributed by atoms with van der Waals surface area (Å²) in [7, 11) is 0. The fraction of sp³-hybridized carbons (Fsp3) is 1.00. The molecular formula is C12H23NS. The van der Waals surface area contributed by atoms with Crippen molar-refractivity contribution in [1.82, 2.24) is 0 Å². The lowest BCUT2D eigenvalue weighted by Crippen LogP contribution is -2.46. The van der Waals surface area contributed by atoms with Crippen molar-refractivity contribution < 1.29 is 0 Å². The third-order valence-corrected chi connectivity index (χ3v) is 5.30. The standard InChI is InChI=1S/C12H23NS/c1-8-3-9(2)5-10(4-8)12(13)11-6-14-7-11/h8-12H,3-7,13H2,1-2H3. The lowest BCUT2D eigenvalue weighted by atomic mass is 9.72. The van der Waals surface area contributed by atoms with Gasteiger partial charge in [-0.05, 0) is 54.4 Å². The Morgan fingerprint density at radius 2 is 1.57 bits per heavy atom. The molecule has 2 rings (SSSR count). The van der Waals surface area contributed by atoms with Crippen LogP contribution < -0.4 is 5.73 Å². The Labute approximate surface area is 92.2 Å². The van der Waals surface area contributed by atoms with Crippen LogP contribution in [0.2, 0.25) is 0 Å². The highest BCUT2D eigenvalue weighted by Gasteiger charge is 2.34. The maximum absolute atomic E-state index is 6.36. The van der Waals surface area contributed by atoms with E-state index in [9.17, 15) is 0 Å². The zero-order chi connectivity index (χ0) is 10.1. The van der Waals surface area contributed by atoms with Gasteiger partial charge in [-0.15, -0.1) is 0 Å². The Balaban J connectivity index is 1.88. The second-order valence-electron chi connectivity index (χ2n) is 5.55. The summed E-state index contributed by atoms with van der Waals surface area (Å²) in [5.74, 6) is 6.10. The topological polar surface area (TPSA) is 26.0 Å². The number of nitrogens with two attached hydrogens (primary N) is 1. The molecule has 0 aromatic heterocycles. The molecule has 1 nitrogen and oxygen atoms in total. The molecule has 2 N–H and O–H groups in total. The summed E-state index contributed by atoms with van der Waals surface area (Å²) in [6.45, 7) is 4.79. The molecule has 82 valence electrons. The van der Waals surface area contributed by atoms with Gasteiger partial charge in [0.25, 0.3) is 0 Å². The highest BCUT2D eigenvalue weighted by atomic mass is 32.2. The van der Waals surface area contributed by atoms with Gasteiger partial charge in [0.15, 0.2) is 0 Å². The largest absolute Gasteiger partial charge is 0.327 e. The molecule has 14 heavy (non-hydrogen) atoms. The van der Waals surface area contributed by atoms with E-state index in [2.05, 4.69) is 25.6 Å². The molecule has 0 aromatic carbocycles. The highest BCUT2D eigenvalue weighted by Crippen LogP contribution is 2.39. The van der Waals surface area contributed by atoms with Crippen molar-refractivity contribution in [3.05, 3.63) is 0 Å². The lowest BCUT2D eigenvalue weighted by Gasteiger charge is -2.40. The quantitative estimate of drug-likeness (QED) is 0.763. The van der Waals surface area contributed by atoms with Gasteiger partial charge in [0.2, 0.25) is 0 Å². The van der Waals surface area contributed by atoms with Crippen molar-refractivity contribution in [3.63, 3.8) is 0 Å². The number of rotatable bonds is 2. The molecule has 0 radical (unpaired) electrons. The Kier molecular flexibility index (Phi) is 3.43. The van der Waals surface area contributed by atoms with Gasteiger partial charge in [-0.3, -0.25) is 0 Å². The summed E-state index contributed by atoms with van der Waals surface area (Å²) in [5, 5.41) is 0. The molecule has 0 spiro atoms. The molecule has 1 saturated heterocycles. The molecule has 2 fully saturated rings. The summed E-state index contributed by atoms with van der Waals surface area (Å²) in [6, 6.07) is 0.501. The van der Waals surface area contributed by atoms with Crippen LogP contribution in [0.5, 0.6) is 0 Å².